The van der Waals surface area contributed by atoms with E-state index < -0.39 is 0 Å². The molecule has 4 nitrogen and oxygen atoms in total. The number of rotatable bonds is 6. The van der Waals surface area contributed by atoms with Crippen molar-refractivity contribution in [2.24, 2.45) is 5.92 Å². The third-order valence-electron chi connectivity index (χ3n) is 3.50. The van der Waals surface area contributed by atoms with Gasteiger partial charge in [-0.2, -0.15) is 0 Å². The van der Waals surface area contributed by atoms with Crippen molar-refractivity contribution < 1.29 is 14.3 Å². The fourth-order valence-corrected chi connectivity index (χ4v) is 2.29. The van der Waals surface area contributed by atoms with Crippen LogP contribution in [0.2, 0.25) is 0 Å². The predicted molar refractivity (Wildman–Crippen MR) is 87.6 cm³/mol. The summed E-state index contributed by atoms with van der Waals surface area (Å²) in [6, 6.07) is 13.6. The van der Waals surface area contributed by atoms with Crippen LogP contribution in [0, 0.1) is 5.92 Å². The molecule has 2 aromatic rings. The molecule has 1 atom stereocenters. The molecule has 0 aliphatic rings. The lowest BCUT2D eigenvalue weighted by molar-refractivity contribution is -0.151. The minimum absolute atomic E-state index is 0.168. The molecule has 0 aromatic heterocycles. The number of hydrogen-bond donors (Lipinski definition) is 1. The maximum absolute atomic E-state index is 11.8. The highest BCUT2D eigenvalue weighted by molar-refractivity contribution is 5.95. The first kappa shape index (κ1) is 16.0. The van der Waals surface area contributed by atoms with Gasteiger partial charge in [-0.1, -0.05) is 50.6 Å². The Hall–Kier alpha value is -2.36. The van der Waals surface area contributed by atoms with Gasteiger partial charge in [-0.25, -0.2) is 0 Å². The first-order valence-electron chi connectivity index (χ1n) is 7.55. The second kappa shape index (κ2) is 7.59. The highest BCUT2D eigenvalue weighted by Crippen LogP contribution is 2.18. The molecule has 0 saturated carbocycles. The largest absolute Gasteiger partial charge is 0.455 e. The highest BCUT2D eigenvalue weighted by atomic mass is 16.5. The Morgan fingerprint density at radius 2 is 1.86 bits per heavy atom. The van der Waals surface area contributed by atoms with Crippen molar-refractivity contribution in [3.8, 4) is 0 Å². The standard InChI is InChI=1S/C18H21NO3/c1-3-6-13(2)18(21)22-12-17(20)19-16-10-9-14-7-4-5-8-15(14)11-16/h4-5,7-11,13H,3,6,12H2,1-2H3,(H,19,20)/t13-/m0/s1. The molecule has 1 amide bonds. The average molecular weight is 299 g/mol. The normalized spacial score (nSPS) is 11.9. The van der Waals surface area contributed by atoms with Crippen molar-refractivity contribution in [3.63, 3.8) is 0 Å². The van der Waals surface area contributed by atoms with Crippen molar-refractivity contribution in [2.75, 3.05) is 11.9 Å². The summed E-state index contributed by atoms with van der Waals surface area (Å²) >= 11 is 0. The maximum atomic E-state index is 11.8. The van der Waals surface area contributed by atoms with Gasteiger partial charge in [0.15, 0.2) is 6.61 Å². The van der Waals surface area contributed by atoms with E-state index in [0.717, 1.165) is 23.6 Å². The molecule has 2 aromatic carbocycles. The van der Waals surface area contributed by atoms with Crippen molar-refractivity contribution in [3.05, 3.63) is 42.5 Å². The summed E-state index contributed by atoms with van der Waals surface area (Å²) in [7, 11) is 0. The second-order valence-electron chi connectivity index (χ2n) is 5.41. The SMILES string of the molecule is CCC[C@H](C)C(=O)OCC(=O)Nc1ccc2ccccc2c1. The lowest BCUT2D eigenvalue weighted by Gasteiger charge is -2.11. The van der Waals surface area contributed by atoms with E-state index in [2.05, 4.69) is 5.32 Å². The van der Waals surface area contributed by atoms with Crippen molar-refractivity contribution in [2.45, 2.75) is 26.7 Å². The summed E-state index contributed by atoms with van der Waals surface area (Å²) in [5, 5.41) is 4.91. The fraction of sp³-hybridized carbons (Fsp3) is 0.333. The third kappa shape index (κ3) is 4.32. The van der Waals surface area contributed by atoms with Crippen molar-refractivity contribution >= 4 is 28.3 Å². The zero-order valence-corrected chi connectivity index (χ0v) is 13.0. The summed E-state index contributed by atoms with van der Waals surface area (Å²) in [5.74, 6) is -0.818. The molecule has 0 heterocycles. The number of fused-ring (bicyclic) bond motifs is 1. The quantitative estimate of drug-likeness (QED) is 0.826. The van der Waals surface area contributed by atoms with Crippen LogP contribution in [0.25, 0.3) is 10.8 Å². The van der Waals surface area contributed by atoms with Gasteiger partial charge in [0.05, 0.1) is 5.92 Å². The van der Waals surface area contributed by atoms with E-state index >= 15 is 0 Å². The van der Waals surface area contributed by atoms with Gasteiger partial charge >= 0.3 is 5.97 Å². The monoisotopic (exact) mass is 299 g/mol. The summed E-state index contributed by atoms with van der Waals surface area (Å²) < 4.78 is 5.03. The van der Waals surface area contributed by atoms with Crippen molar-refractivity contribution in [1.29, 1.82) is 0 Å². The van der Waals surface area contributed by atoms with E-state index in [-0.39, 0.29) is 24.4 Å². The molecule has 0 radical (unpaired) electrons. The highest BCUT2D eigenvalue weighted by Gasteiger charge is 2.15. The molecule has 0 unspecified atom stereocenters. The Kier molecular flexibility index (Phi) is 5.53. The number of carbonyl (C=O) groups excluding carboxylic acids is 2. The molecular weight excluding hydrogens is 278 g/mol. The minimum Gasteiger partial charge on any atom is -0.455 e. The van der Waals surface area contributed by atoms with Gasteiger partial charge in [0.1, 0.15) is 0 Å². The summed E-state index contributed by atoms with van der Waals surface area (Å²) in [4.78, 5) is 23.5. The van der Waals surface area contributed by atoms with Crippen molar-refractivity contribution in [1.82, 2.24) is 0 Å². The van der Waals surface area contributed by atoms with Crippen LogP contribution in [0.1, 0.15) is 26.7 Å². The van der Waals surface area contributed by atoms with Gasteiger partial charge in [-0.3, -0.25) is 9.59 Å². The summed E-state index contributed by atoms with van der Waals surface area (Å²) in [6.07, 6.45) is 1.69. The topological polar surface area (TPSA) is 55.4 Å². The van der Waals surface area contributed by atoms with Crippen LogP contribution in [-0.2, 0) is 14.3 Å². The number of carbonyl (C=O) groups is 2. The Morgan fingerprint density at radius 3 is 2.59 bits per heavy atom. The van der Waals surface area contributed by atoms with E-state index in [1.54, 1.807) is 0 Å². The Bertz CT molecular complexity index is 666. The average Bonchev–Trinajstić information content (AvgIpc) is 2.52. The molecule has 1 N–H and O–H groups in total. The first-order valence-corrected chi connectivity index (χ1v) is 7.55. The molecular formula is C18H21NO3. The van der Waals surface area contributed by atoms with Crippen LogP contribution < -0.4 is 5.32 Å². The lowest BCUT2D eigenvalue weighted by Crippen LogP contribution is -2.23. The van der Waals surface area contributed by atoms with E-state index in [1.807, 2.05) is 56.3 Å². The van der Waals surface area contributed by atoms with Gasteiger partial charge in [-0.15, -0.1) is 0 Å². The molecule has 0 aliphatic heterocycles. The smallest absolute Gasteiger partial charge is 0.309 e. The van der Waals surface area contributed by atoms with E-state index in [9.17, 15) is 9.59 Å². The minimum atomic E-state index is -0.327. The molecule has 4 heteroatoms. The number of anilines is 1. The summed E-state index contributed by atoms with van der Waals surface area (Å²) in [6.45, 7) is 3.57. The van der Waals surface area contributed by atoms with E-state index in [4.69, 9.17) is 4.74 Å². The van der Waals surface area contributed by atoms with Gasteiger partial charge in [0.25, 0.3) is 5.91 Å². The molecule has 0 saturated heterocycles. The zero-order chi connectivity index (χ0) is 15.9. The lowest BCUT2D eigenvalue weighted by atomic mass is 10.1. The number of benzene rings is 2. The van der Waals surface area contributed by atoms with Gasteiger partial charge < -0.3 is 10.1 Å². The molecule has 0 fully saturated rings. The zero-order valence-electron chi connectivity index (χ0n) is 13.0. The number of ether oxygens (including phenoxy) is 1. The predicted octanol–water partition coefficient (Wildman–Crippen LogP) is 3.76. The van der Waals surface area contributed by atoms with Crippen LogP contribution in [0.5, 0.6) is 0 Å². The van der Waals surface area contributed by atoms with Crippen LogP contribution in [0.3, 0.4) is 0 Å². The number of nitrogens with one attached hydrogen (secondary N) is 1. The Morgan fingerprint density at radius 1 is 1.14 bits per heavy atom. The van der Waals surface area contributed by atoms with Crippen LogP contribution in [0.15, 0.2) is 42.5 Å². The number of amides is 1. The molecule has 2 rings (SSSR count). The van der Waals surface area contributed by atoms with Crippen LogP contribution in [-0.4, -0.2) is 18.5 Å². The third-order valence-corrected chi connectivity index (χ3v) is 3.50. The molecule has 116 valence electrons. The first-order chi connectivity index (χ1) is 10.6. The molecule has 0 spiro atoms. The number of esters is 1. The molecule has 0 bridgehead atoms. The van der Waals surface area contributed by atoms with Gasteiger partial charge in [0.2, 0.25) is 0 Å². The van der Waals surface area contributed by atoms with Gasteiger partial charge in [0, 0.05) is 5.69 Å². The Labute approximate surface area is 130 Å². The maximum Gasteiger partial charge on any atom is 0.309 e. The Balaban J connectivity index is 1.89. The summed E-state index contributed by atoms with van der Waals surface area (Å²) in [5.41, 5.74) is 0.696. The fourth-order valence-electron chi connectivity index (χ4n) is 2.29. The van der Waals surface area contributed by atoms with Gasteiger partial charge in [-0.05, 0) is 29.3 Å². The molecule has 0 aliphatic carbocycles. The second-order valence-corrected chi connectivity index (χ2v) is 5.41. The van der Waals surface area contributed by atoms with E-state index in [1.165, 1.54) is 0 Å². The number of hydrogen-bond acceptors (Lipinski definition) is 3. The van der Waals surface area contributed by atoms with Crippen LogP contribution >= 0.6 is 0 Å². The molecule has 22 heavy (non-hydrogen) atoms. The van der Waals surface area contributed by atoms with Crippen LogP contribution in [0.4, 0.5) is 5.69 Å². The van der Waals surface area contributed by atoms with E-state index in [0.29, 0.717) is 5.69 Å².